The number of nitrogens with two attached hydrogens (primary N) is 1. The smallest absolute Gasteiger partial charge is 0.243 e. The first-order chi connectivity index (χ1) is 9.11. The molecule has 0 amide bonds. The normalized spacial score (nSPS) is 12.6. The molecular weight excluding hydrogens is 265 g/mol. The molecule has 0 radical (unpaired) electrons. The molecule has 19 heavy (non-hydrogen) atoms. The summed E-state index contributed by atoms with van der Waals surface area (Å²) in [5, 5.41) is 3.88. The Balaban J connectivity index is 2.23. The van der Waals surface area contributed by atoms with Crippen molar-refractivity contribution in [2.75, 3.05) is 12.0 Å². The van der Waals surface area contributed by atoms with Crippen LogP contribution in [0.5, 0.6) is 0 Å². The molecule has 0 saturated heterocycles. The molecule has 2 aromatic rings. The second kappa shape index (κ2) is 6.16. The third kappa shape index (κ3) is 3.33. The van der Waals surface area contributed by atoms with Crippen LogP contribution < -0.4 is 5.73 Å². The van der Waals surface area contributed by atoms with Gasteiger partial charge >= 0.3 is 0 Å². The van der Waals surface area contributed by atoms with Crippen molar-refractivity contribution < 1.29 is 8.91 Å². The third-order valence-electron chi connectivity index (χ3n) is 2.83. The highest BCUT2D eigenvalue weighted by atomic mass is 32.2. The molecular formula is C13H16FN3OS. The van der Waals surface area contributed by atoms with Gasteiger partial charge in [0.1, 0.15) is 5.82 Å². The SMILES string of the molecule is CSCC[C@H](N)c1nc(-c2cc(F)ccc2C)no1. The number of hydrogen-bond donors (Lipinski definition) is 1. The second-order valence-corrected chi connectivity index (χ2v) is 5.29. The van der Waals surface area contributed by atoms with Crippen molar-refractivity contribution in [3.63, 3.8) is 0 Å². The van der Waals surface area contributed by atoms with Crippen LogP contribution in [0.2, 0.25) is 0 Å². The molecule has 1 atom stereocenters. The predicted octanol–water partition coefficient (Wildman–Crippen LogP) is 2.94. The van der Waals surface area contributed by atoms with Gasteiger partial charge in [-0.1, -0.05) is 11.2 Å². The molecule has 2 N–H and O–H groups in total. The molecule has 0 bridgehead atoms. The Morgan fingerprint density at radius 1 is 1.47 bits per heavy atom. The van der Waals surface area contributed by atoms with Gasteiger partial charge < -0.3 is 10.3 Å². The standard InChI is InChI=1S/C13H16FN3OS/c1-8-3-4-9(14)7-10(8)12-16-13(18-17-12)11(15)5-6-19-2/h3-4,7,11H,5-6,15H2,1-2H3/t11-/m0/s1. The number of rotatable bonds is 5. The van der Waals surface area contributed by atoms with Crippen molar-refractivity contribution in [2.24, 2.45) is 5.73 Å². The minimum atomic E-state index is -0.321. The number of hydrogen-bond acceptors (Lipinski definition) is 5. The summed E-state index contributed by atoms with van der Waals surface area (Å²) in [6.07, 6.45) is 2.78. The monoisotopic (exact) mass is 281 g/mol. The average Bonchev–Trinajstić information content (AvgIpc) is 2.88. The molecule has 1 heterocycles. The topological polar surface area (TPSA) is 64.9 Å². The van der Waals surface area contributed by atoms with Crippen LogP contribution in [0.1, 0.15) is 23.9 Å². The zero-order valence-corrected chi connectivity index (χ0v) is 11.7. The number of benzene rings is 1. The van der Waals surface area contributed by atoms with E-state index in [0.717, 1.165) is 17.7 Å². The van der Waals surface area contributed by atoms with Crippen molar-refractivity contribution in [2.45, 2.75) is 19.4 Å². The highest BCUT2D eigenvalue weighted by Gasteiger charge is 2.16. The van der Waals surface area contributed by atoms with Crippen molar-refractivity contribution in [1.29, 1.82) is 0 Å². The zero-order chi connectivity index (χ0) is 13.8. The lowest BCUT2D eigenvalue weighted by atomic mass is 10.1. The molecule has 2 rings (SSSR count). The van der Waals surface area contributed by atoms with E-state index in [-0.39, 0.29) is 11.9 Å². The molecule has 4 nitrogen and oxygen atoms in total. The van der Waals surface area contributed by atoms with Gasteiger partial charge in [-0.05, 0) is 43.0 Å². The molecule has 1 aromatic carbocycles. The number of aryl methyl sites for hydroxylation is 1. The van der Waals surface area contributed by atoms with Gasteiger partial charge in [-0.25, -0.2) is 4.39 Å². The Kier molecular flexibility index (Phi) is 4.55. The van der Waals surface area contributed by atoms with Gasteiger partial charge in [0.05, 0.1) is 6.04 Å². The van der Waals surface area contributed by atoms with E-state index in [2.05, 4.69) is 10.1 Å². The summed E-state index contributed by atoms with van der Waals surface area (Å²) in [5.41, 5.74) is 7.48. The van der Waals surface area contributed by atoms with Crippen LogP contribution in [0.25, 0.3) is 11.4 Å². The van der Waals surface area contributed by atoms with Gasteiger partial charge in [0.25, 0.3) is 0 Å². The molecule has 0 fully saturated rings. The van der Waals surface area contributed by atoms with Crippen LogP contribution in [-0.2, 0) is 0 Å². The number of halogens is 1. The van der Waals surface area contributed by atoms with Crippen molar-refractivity contribution in [3.05, 3.63) is 35.5 Å². The summed E-state index contributed by atoms with van der Waals surface area (Å²) in [7, 11) is 0. The Morgan fingerprint density at radius 2 is 2.26 bits per heavy atom. The summed E-state index contributed by atoms with van der Waals surface area (Å²) >= 11 is 1.71. The minimum Gasteiger partial charge on any atom is -0.337 e. The summed E-state index contributed by atoms with van der Waals surface area (Å²) in [6.45, 7) is 1.87. The summed E-state index contributed by atoms with van der Waals surface area (Å²) in [4.78, 5) is 4.26. The van der Waals surface area contributed by atoms with E-state index >= 15 is 0 Å². The summed E-state index contributed by atoms with van der Waals surface area (Å²) in [6, 6.07) is 4.22. The van der Waals surface area contributed by atoms with E-state index < -0.39 is 0 Å². The van der Waals surface area contributed by atoms with Crippen molar-refractivity contribution >= 4 is 11.8 Å². The molecule has 0 aliphatic carbocycles. The van der Waals surface area contributed by atoms with Gasteiger partial charge in [-0.2, -0.15) is 16.7 Å². The minimum absolute atomic E-state index is 0.275. The maximum Gasteiger partial charge on any atom is 0.243 e. The van der Waals surface area contributed by atoms with E-state index in [1.807, 2.05) is 13.2 Å². The first-order valence-electron chi connectivity index (χ1n) is 5.96. The number of aromatic nitrogens is 2. The fraction of sp³-hybridized carbons (Fsp3) is 0.385. The van der Waals surface area contributed by atoms with Gasteiger partial charge in [0, 0.05) is 5.56 Å². The second-order valence-electron chi connectivity index (χ2n) is 4.30. The Labute approximate surface area is 115 Å². The Bertz CT molecular complexity index is 559. The van der Waals surface area contributed by atoms with Gasteiger partial charge in [0.2, 0.25) is 11.7 Å². The van der Waals surface area contributed by atoms with Crippen LogP contribution >= 0.6 is 11.8 Å². The fourth-order valence-electron chi connectivity index (χ4n) is 1.70. The van der Waals surface area contributed by atoms with Crippen LogP contribution in [0.3, 0.4) is 0 Å². The fourth-order valence-corrected chi connectivity index (χ4v) is 2.19. The average molecular weight is 281 g/mol. The largest absolute Gasteiger partial charge is 0.337 e. The van der Waals surface area contributed by atoms with E-state index in [9.17, 15) is 4.39 Å². The van der Waals surface area contributed by atoms with Gasteiger partial charge in [-0.15, -0.1) is 0 Å². The summed E-state index contributed by atoms with van der Waals surface area (Å²) < 4.78 is 18.4. The molecule has 0 aliphatic rings. The molecule has 0 saturated carbocycles. The van der Waals surface area contributed by atoms with E-state index in [0.29, 0.717) is 17.3 Å². The predicted molar refractivity (Wildman–Crippen MR) is 74.4 cm³/mol. The first kappa shape index (κ1) is 14.0. The highest BCUT2D eigenvalue weighted by Crippen LogP contribution is 2.23. The van der Waals surface area contributed by atoms with Crippen LogP contribution in [0, 0.1) is 12.7 Å². The Morgan fingerprint density at radius 3 is 3.00 bits per heavy atom. The van der Waals surface area contributed by atoms with E-state index in [1.165, 1.54) is 12.1 Å². The molecule has 0 aliphatic heterocycles. The maximum absolute atomic E-state index is 13.3. The van der Waals surface area contributed by atoms with Crippen LogP contribution in [-0.4, -0.2) is 22.1 Å². The van der Waals surface area contributed by atoms with E-state index in [1.54, 1.807) is 17.8 Å². The Hall–Kier alpha value is -1.40. The molecule has 1 aromatic heterocycles. The molecule has 0 unspecified atom stereocenters. The third-order valence-corrected chi connectivity index (χ3v) is 3.48. The van der Waals surface area contributed by atoms with Crippen molar-refractivity contribution in [1.82, 2.24) is 10.1 Å². The lowest BCUT2D eigenvalue weighted by Gasteiger charge is -2.04. The highest BCUT2D eigenvalue weighted by molar-refractivity contribution is 7.98. The summed E-state index contributed by atoms with van der Waals surface area (Å²) in [5.74, 6) is 1.38. The quantitative estimate of drug-likeness (QED) is 0.912. The first-order valence-corrected chi connectivity index (χ1v) is 7.36. The molecule has 102 valence electrons. The van der Waals surface area contributed by atoms with Gasteiger partial charge in [0.15, 0.2) is 0 Å². The van der Waals surface area contributed by atoms with Crippen LogP contribution in [0.4, 0.5) is 4.39 Å². The van der Waals surface area contributed by atoms with Gasteiger partial charge in [-0.3, -0.25) is 0 Å². The lowest BCUT2D eigenvalue weighted by molar-refractivity contribution is 0.353. The van der Waals surface area contributed by atoms with E-state index in [4.69, 9.17) is 10.3 Å². The van der Waals surface area contributed by atoms with Crippen molar-refractivity contribution in [3.8, 4) is 11.4 Å². The maximum atomic E-state index is 13.3. The number of nitrogens with zero attached hydrogens (tertiary/aromatic N) is 2. The lowest BCUT2D eigenvalue weighted by Crippen LogP contribution is -2.11. The number of thioether (sulfide) groups is 1. The van der Waals surface area contributed by atoms with Crippen LogP contribution in [0.15, 0.2) is 22.7 Å². The molecule has 6 heteroatoms. The zero-order valence-electron chi connectivity index (χ0n) is 10.9. The molecule has 0 spiro atoms.